The van der Waals surface area contributed by atoms with E-state index in [1.165, 1.54) is 98.0 Å². The molecule has 2 fully saturated rings. The van der Waals surface area contributed by atoms with Gasteiger partial charge in [-0.15, -0.1) is 0 Å². The molecule has 0 amide bonds. The van der Waals surface area contributed by atoms with E-state index >= 15 is 0 Å². The van der Waals surface area contributed by atoms with Gasteiger partial charge in [0, 0.05) is 16.7 Å². The second kappa shape index (κ2) is 9.39. The first-order valence-corrected chi connectivity index (χ1v) is 14.3. The SMILES string of the molecule is c1ccc(-c2ccc(C3CCCCC3)c(-n3cc[n+]4c3-c3ccccc3C4)c2C2CCCCC2)cc1. The number of hydrogen-bond acceptors (Lipinski definition) is 0. The van der Waals surface area contributed by atoms with Gasteiger partial charge in [0.2, 0.25) is 0 Å². The van der Waals surface area contributed by atoms with E-state index in [2.05, 4.69) is 88.3 Å². The summed E-state index contributed by atoms with van der Waals surface area (Å²) < 4.78 is 5.07. The van der Waals surface area contributed by atoms with Crippen LogP contribution in [0.4, 0.5) is 0 Å². The Kier molecular flexibility index (Phi) is 5.76. The molecule has 0 bridgehead atoms. The molecular formula is C34H37N2+. The highest BCUT2D eigenvalue weighted by molar-refractivity contribution is 5.76. The van der Waals surface area contributed by atoms with E-state index in [9.17, 15) is 0 Å². The smallest absolute Gasteiger partial charge is 0.225 e. The van der Waals surface area contributed by atoms with Crippen LogP contribution in [0, 0.1) is 0 Å². The van der Waals surface area contributed by atoms with Crippen molar-refractivity contribution in [3.63, 3.8) is 0 Å². The van der Waals surface area contributed by atoms with Gasteiger partial charge in [-0.2, -0.15) is 4.57 Å². The first-order valence-electron chi connectivity index (χ1n) is 14.3. The average Bonchev–Trinajstić information content (AvgIpc) is 3.53. The molecule has 0 N–H and O–H groups in total. The summed E-state index contributed by atoms with van der Waals surface area (Å²) in [4.78, 5) is 0. The largest absolute Gasteiger partial charge is 0.294 e. The lowest BCUT2D eigenvalue weighted by Gasteiger charge is -2.30. The zero-order valence-electron chi connectivity index (χ0n) is 21.3. The van der Waals surface area contributed by atoms with Crippen molar-refractivity contribution in [2.24, 2.45) is 0 Å². The van der Waals surface area contributed by atoms with Gasteiger partial charge >= 0.3 is 0 Å². The fourth-order valence-corrected chi connectivity index (χ4v) is 7.39. The summed E-state index contributed by atoms with van der Waals surface area (Å²) >= 11 is 0. The van der Waals surface area contributed by atoms with E-state index in [0.717, 1.165) is 6.54 Å². The zero-order valence-corrected chi connectivity index (χ0v) is 21.3. The van der Waals surface area contributed by atoms with E-state index in [1.54, 1.807) is 11.1 Å². The van der Waals surface area contributed by atoms with Crippen molar-refractivity contribution >= 4 is 0 Å². The van der Waals surface area contributed by atoms with E-state index in [0.29, 0.717) is 11.8 Å². The Morgan fingerprint density at radius 1 is 0.639 bits per heavy atom. The predicted octanol–water partition coefficient (Wildman–Crippen LogP) is 8.56. The highest BCUT2D eigenvalue weighted by Gasteiger charge is 2.36. The molecule has 7 rings (SSSR count). The number of aromatic nitrogens is 2. The number of nitrogens with zero attached hydrogens (tertiary/aromatic N) is 2. The predicted molar refractivity (Wildman–Crippen MR) is 148 cm³/mol. The molecule has 2 nitrogen and oxygen atoms in total. The van der Waals surface area contributed by atoms with Crippen molar-refractivity contribution in [3.05, 3.63) is 95.8 Å². The molecule has 3 aromatic carbocycles. The van der Waals surface area contributed by atoms with Crippen LogP contribution in [0.2, 0.25) is 0 Å². The minimum atomic E-state index is 0.632. The number of benzene rings is 3. The van der Waals surface area contributed by atoms with Crippen molar-refractivity contribution < 1.29 is 4.57 Å². The van der Waals surface area contributed by atoms with Gasteiger partial charge in [0.1, 0.15) is 24.6 Å². The van der Waals surface area contributed by atoms with Crippen LogP contribution in [0.5, 0.6) is 0 Å². The summed E-state index contributed by atoms with van der Waals surface area (Å²) in [6, 6.07) is 25.2. The van der Waals surface area contributed by atoms with Crippen molar-refractivity contribution in [3.8, 4) is 28.2 Å². The van der Waals surface area contributed by atoms with E-state index in [4.69, 9.17) is 0 Å². The molecule has 0 atom stereocenters. The summed E-state index contributed by atoms with van der Waals surface area (Å²) in [5, 5.41) is 0. The minimum Gasteiger partial charge on any atom is -0.225 e. The Bertz CT molecular complexity index is 1370. The molecule has 0 saturated heterocycles. The van der Waals surface area contributed by atoms with Crippen LogP contribution in [0.3, 0.4) is 0 Å². The lowest BCUT2D eigenvalue weighted by Crippen LogP contribution is -2.30. The molecule has 2 aliphatic carbocycles. The van der Waals surface area contributed by atoms with Crippen molar-refractivity contribution in [2.75, 3.05) is 0 Å². The summed E-state index contributed by atoms with van der Waals surface area (Å²) in [7, 11) is 0. The van der Waals surface area contributed by atoms with Gasteiger partial charge in [-0.25, -0.2) is 4.57 Å². The second-order valence-corrected chi connectivity index (χ2v) is 11.3. The van der Waals surface area contributed by atoms with Crippen LogP contribution in [0.15, 0.2) is 79.1 Å². The molecule has 0 radical (unpaired) electrons. The zero-order chi connectivity index (χ0) is 23.9. The average molecular weight is 474 g/mol. The molecule has 1 aliphatic heterocycles. The van der Waals surface area contributed by atoms with Gasteiger partial charge in [0.05, 0.1) is 5.56 Å². The van der Waals surface area contributed by atoms with Gasteiger partial charge in [-0.1, -0.05) is 99.2 Å². The van der Waals surface area contributed by atoms with Crippen LogP contribution in [-0.4, -0.2) is 4.57 Å². The van der Waals surface area contributed by atoms with Gasteiger partial charge in [0.15, 0.2) is 0 Å². The molecule has 2 heterocycles. The second-order valence-electron chi connectivity index (χ2n) is 11.3. The summed E-state index contributed by atoms with van der Waals surface area (Å²) in [5.74, 6) is 2.66. The molecule has 0 unspecified atom stereocenters. The Hall–Kier alpha value is -3.13. The molecule has 2 saturated carbocycles. The van der Waals surface area contributed by atoms with Crippen LogP contribution >= 0.6 is 0 Å². The Balaban J connectivity index is 1.52. The molecule has 36 heavy (non-hydrogen) atoms. The van der Waals surface area contributed by atoms with Gasteiger partial charge in [0.25, 0.3) is 5.82 Å². The summed E-state index contributed by atoms with van der Waals surface area (Å²) in [6.45, 7) is 0.981. The maximum Gasteiger partial charge on any atom is 0.294 e. The fraction of sp³-hybridized carbons (Fsp3) is 0.382. The minimum absolute atomic E-state index is 0.632. The monoisotopic (exact) mass is 473 g/mol. The fourth-order valence-electron chi connectivity index (χ4n) is 7.39. The molecule has 0 spiro atoms. The normalized spacial score (nSPS) is 18.2. The topological polar surface area (TPSA) is 8.81 Å². The highest BCUT2D eigenvalue weighted by Crippen LogP contribution is 2.47. The Labute approximate surface area is 215 Å². The van der Waals surface area contributed by atoms with Gasteiger partial charge in [-0.05, 0) is 54.7 Å². The van der Waals surface area contributed by atoms with Crippen molar-refractivity contribution in [2.45, 2.75) is 82.6 Å². The number of rotatable bonds is 4. The summed E-state index contributed by atoms with van der Waals surface area (Å²) in [6.07, 6.45) is 18.2. The summed E-state index contributed by atoms with van der Waals surface area (Å²) in [5.41, 5.74) is 10.4. The number of fused-ring (bicyclic) bond motifs is 3. The van der Waals surface area contributed by atoms with Crippen molar-refractivity contribution in [1.29, 1.82) is 0 Å². The molecule has 4 aromatic rings. The first-order chi connectivity index (χ1) is 17.9. The maximum atomic E-state index is 2.60. The van der Waals surface area contributed by atoms with Crippen LogP contribution in [-0.2, 0) is 6.54 Å². The standard InChI is InChI=1S/C34H37N2/c1-4-12-25(13-5-1)29-20-21-30(26-14-6-2-7-15-26)33(32(29)27-16-8-3-9-17-27)36-23-22-35-24-28-18-10-11-19-31(28)34(35)36/h1,4-5,10-13,18-23,26-27H,2-3,6-9,14-17,24H2/q+1. The number of hydrogen-bond donors (Lipinski definition) is 0. The molecular weight excluding hydrogens is 436 g/mol. The van der Waals surface area contributed by atoms with Gasteiger partial charge < -0.3 is 0 Å². The first kappa shape index (κ1) is 22.1. The number of imidazole rings is 1. The van der Waals surface area contributed by atoms with Crippen LogP contribution < -0.4 is 4.57 Å². The van der Waals surface area contributed by atoms with E-state index in [1.807, 2.05) is 0 Å². The quantitative estimate of drug-likeness (QED) is 0.231. The lowest BCUT2D eigenvalue weighted by atomic mass is 9.75. The molecule has 3 aliphatic rings. The molecule has 2 heteroatoms. The maximum absolute atomic E-state index is 2.60. The molecule has 182 valence electrons. The molecule has 1 aromatic heterocycles. The van der Waals surface area contributed by atoms with E-state index in [-0.39, 0.29) is 0 Å². The Morgan fingerprint density at radius 3 is 2.11 bits per heavy atom. The van der Waals surface area contributed by atoms with Crippen LogP contribution in [0.25, 0.3) is 28.2 Å². The Morgan fingerprint density at radius 2 is 1.33 bits per heavy atom. The van der Waals surface area contributed by atoms with Crippen LogP contribution in [0.1, 0.15) is 92.7 Å². The van der Waals surface area contributed by atoms with Gasteiger partial charge in [-0.3, -0.25) is 0 Å². The van der Waals surface area contributed by atoms with Crippen molar-refractivity contribution in [1.82, 2.24) is 4.57 Å². The third-order valence-electron chi connectivity index (χ3n) is 9.13. The lowest BCUT2D eigenvalue weighted by molar-refractivity contribution is -0.671. The highest BCUT2D eigenvalue weighted by atomic mass is 15.2. The van der Waals surface area contributed by atoms with E-state index < -0.39 is 0 Å². The third-order valence-corrected chi connectivity index (χ3v) is 9.13. The third kappa shape index (κ3) is 3.74.